The summed E-state index contributed by atoms with van der Waals surface area (Å²) >= 11 is 0. The molecule has 0 spiro atoms. The number of hydrogen-bond acceptors (Lipinski definition) is 1. The van der Waals surface area contributed by atoms with E-state index in [-0.39, 0.29) is 0 Å². The van der Waals surface area contributed by atoms with Gasteiger partial charge in [0.1, 0.15) is 0 Å². The first-order valence-corrected chi connectivity index (χ1v) is 3.70. The van der Waals surface area contributed by atoms with E-state index in [2.05, 4.69) is 25.1 Å². The zero-order valence-corrected chi connectivity index (χ0v) is 6.09. The summed E-state index contributed by atoms with van der Waals surface area (Å²) in [7, 11) is 2.18. The van der Waals surface area contributed by atoms with E-state index >= 15 is 0 Å². The molecular weight excluding hydrogens is 110 g/mol. The van der Waals surface area contributed by atoms with Crippen LogP contribution in [-0.2, 0) is 0 Å². The largest absolute Gasteiger partial charge is 0.377 e. The lowest BCUT2D eigenvalue weighted by Crippen LogP contribution is -2.22. The lowest BCUT2D eigenvalue weighted by molar-refractivity contribution is 0.330. The van der Waals surface area contributed by atoms with Crippen molar-refractivity contribution >= 4 is 0 Å². The molecule has 1 fully saturated rings. The Labute approximate surface area is 56.4 Å². The Morgan fingerprint density at radius 2 is 2.44 bits per heavy atom. The van der Waals surface area contributed by atoms with Gasteiger partial charge in [-0.3, -0.25) is 0 Å². The van der Waals surface area contributed by atoms with Crippen LogP contribution in [0.2, 0.25) is 0 Å². The van der Waals surface area contributed by atoms with E-state index in [1.807, 2.05) is 0 Å². The lowest BCUT2D eigenvalue weighted by atomic mass is 10.1. The lowest BCUT2D eigenvalue weighted by Gasteiger charge is -2.21. The van der Waals surface area contributed by atoms with Crippen LogP contribution in [0.25, 0.3) is 0 Å². The van der Waals surface area contributed by atoms with Crippen molar-refractivity contribution in [2.75, 3.05) is 7.05 Å². The summed E-state index contributed by atoms with van der Waals surface area (Å²) in [6, 6.07) is 0.856. The van der Waals surface area contributed by atoms with Crippen LogP contribution in [0.4, 0.5) is 0 Å². The van der Waals surface area contributed by atoms with Crippen LogP contribution in [0.1, 0.15) is 19.8 Å². The molecule has 0 saturated heterocycles. The van der Waals surface area contributed by atoms with Crippen molar-refractivity contribution in [2.24, 2.45) is 5.92 Å². The molecule has 2 unspecified atom stereocenters. The number of hydrogen-bond donors (Lipinski definition) is 0. The predicted octanol–water partition coefficient (Wildman–Crippen LogP) is 1.61. The van der Waals surface area contributed by atoms with Crippen LogP contribution in [0.15, 0.2) is 11.8 Å². The highest BCUT2D eigenvalue weighted by atomic mass is 15.1. The molecule has 1 heterocycles. The van der Waals surface area contributed by atoms with Gasteiger partial charge in [0, 0.05) is 13.1 Å². The summed E-state index contributed by atoms with van der Waals surface area (Å²) in [4.78, 5) is 2.36. The smallest absolute Gasteiger partial charge is 0.0324 e. The van der Waals surface area contributed by atoms with Crippen molar-refractivity contribution in [3.63, 3.8) is 0 Å². The molecule has 50 valence electrons. The van der Waals surface area contributed by atoms with Gasteiger partial charge in [-0.05, 0) is 30.5 Å². The quantitative estimate of drug-likeness (QED) is 0.473. The predicted molar refractivity (Wildman–Crippen MR) is 38.0 cm³/mol. The molecule has 1 nitrogen and oxygen atoms in total. The topological polar surface area (TPSA) is 3.24 Å². The summed E-state index contributed by atoms with van der Waals surface area (Å²) in [5.74, 6) is 0.881. The average Bonchev–Trinajstić information content (AvgIpc) is 2.24. The van der Waals surface area contributed by atoms with Crippen LogP contribution < -0.4 is 0 Å². The van der Waals surface area contributed by atoms with Gasteiger partial charge in [-0.15, -0.1) is 0 Å². The summed E-state index contributed by atoms with van der Waals surface area (Å²) in [6.07, 6.45) is 5.05. The molecule has 2 aliphatic rings. The first-order valence-electron chi connectivity index (χ1n) is 3.70. The van der Waals surface area contributed by atoms with Gasteiger partial charge >= 0.3 is 0 Å². The summed E-state index contributed by atoms with van der Waals surface area (Å²) in [6.45, 7) is 2.33. The maximum absolute atomic E-state index is 2.36. The maximum Gasteiger partial charge on any atom is 0.0324 e. The molecule has 0 aromatic heterocycles. The van der Waals surface area contributed by atoms with E-state index in [9.17, 15) is 0 Å². The first-order chi connectivity index (χ1) is 4.27. The summed E-state index contributed by atoms with van der Waals surface area (Å²) < 4.78 is 0. The average molecular weight is 123 g/mol. The second-order valence-electron chi connectivity index (χ2n) is 3.36. The molecule has 0 aromatic carbocycles. The molecule has 1 aliphatic carbocycles. The molecule has 0 aromatic rings. The van der Waals surface area contributed by atoms with E-state index in [1.165, 1.54) is 12.8 Å². The van der Waals surface area contributed by atoms with Crippen molar-refractivity contribution in [1.82, 2.24) is 4.90 Å². The summed E-state index contributed by atoms with van der Waals surface area (Å²) in [5.41, 5.74) is 1.67. The molecule has 2 atom stereocenters. The normalized spacial score (nSPS) is 39.8. The Morgan fingerprint density at radius 3 is 2.78 bits per heavy atom. The molecule has 0 amide bonds. The van der Waals surface area contributed by atoms with E-state index < -0.39 is 0 Å². The highest BCUT2D eigenvalue weighted by Crippen LogP contribution is 2.39. The summed E-state index contributed by atoms with van der Waals surface area (Å²) in [5, 5.41) is 0. The third-order valence-electron chi connectivity index (χ3n) is 2.68. The van der Waals surface area contributed by atoms with E-state index in [0.717, 1.165) is 12.0 Å². The molecule has 0 N–H and O–H groups in total. The zero-order valence-electron chi connectivity index (χ0n) is 6.09. The van der Waals surface area contributed by atoms with Crippen molar-refractivity contribution < 1.29 is 0 Å². The minimum atomic E-state index is 0.856. The van der Waals surface area contributed by atoms with Gasteiger partial charge in [-0.2, -0.15) is 0 Å². The SMILES string of the molecule is CC1CC2CC1=CN2C. The minimum absolute atomic E-state index is 0.856. The fourth-order valence-corrected chi connectivity index (χ4v) is 1.97. The van der Waals surface area contributed by atoms with Crippen molar-refractivity contribution in [3.05, 3.63) is 11.8 Å². The molecule has 1 heteroatoms. The fourth-order valence-electron chi connectivity index (χ4n) is 1.97. The van der Waals surface area contributed by atoms with Crippen molar-refractivity contribution in [1.29, 1.82) is 0 Å². The Kier molecular flexibility index (Phi) is 0.904. The number of fused-ring (bicyclic) bond motifs is 2. The van der Waals surface area contributed by atoms with Crippen LogP contribution in [0.5, 0.6) is 0 Å². The van der Waals surface area contributed by atoms with E-state index in [4.69, 9.17) is 0 Å². The van der Waals surface area contributed by atoms with E-state index in [0.29, 0.717) is 0 Å². The van der Waals surface area contributed by atoms with Gasteiger partial charge in [-0.1, -0.05) is 6.92 Å². The van der Waals surface area contributed by atoms with Gasteiger partial charge in [0.25, 0.3) is 0 Å². The highest BCUT2D eigenvalue weighted by Gasteiger charge is 2.33. The highest BCUT2D eigenvalue weighted by molar-refractivity contribution is 5.20. The van der Waals surface area contributed by atoms with Gasteiger partial charge in [0.15, 0.2) is 0 Å². The second kappa shape index (κ2) is 1.53. The Bertz CT molecular complexity index is 160. The molecule has 2 bridgehead atoms. The number of rotatable bonds is 0. The van der Waals surface area contributed by atoms with Crippen LogP contribution in [0.3, 0.4) is 0 Å². The molecule has 0 radical (unpaired) electrons. The molecule has 9 heavy (non-hydrogen) atoms. The minimum Gasteiger partial charge on any atom is -0.377 e. The Hall–Kier alpha value is -0.460. The third kappa shape index (κ3) is 0.606. The van der Waals surface area contributed by atoms with Gasteiger partial charge in [0.2, 0.25) is 0 Å². The third-order valence-corrected chi connectivity index (χ3v) is 2.68. The van der Waals surface area contributed by atoms with Crippen LogP contribution in [0, 0.1) is 5.92 Å². The van der Waals surface area contributed by atoms with Crippen LogP contribution in [-0.4, -0.2) is 18.0 Å². The zero-order chi connectivity index (χ0) is 6.43. The van der Waals surface area contributed by atoms with Gasteiger partial charge in [0.05, 0.1) is 0 Å². The Balaban J connectivity index is 2.27. The molecule has 2 rings (SSSR count). The van der Waals surface area contributed by atoms with Gasteiger partial charge in [-0.25, -0.2) is 0 Å². The van der Waals surface area contributed by atoms with E-state index in [1.54, 1.807) is 5.57 Å². The number of nitrogens with zero attached hydrogens (tertiary/aromatic N) is 1. The Morgan fingerprint density at radius 1 is 1.67 bits per heavy atom. The van der Waals surface area contributed by atoms with Crippen molar-refractivity contribution in [3.8, 4) is 0 Å². The standard InChI is InChI=1S/C8H13N/c1-6-3-8-4-7(6)5-9(8)2/h5-6,8H,3-4H2,1-2H3. The fraction of sp³-hybridized carbons (Fsp3) is 0.750. The molecule has 1 saturated carbocycles. The van der Waals surface area contributed by atoms with Crippen LogP contribution >= 0.6 is 0 Å². The van der Waals surface area contributed by atoms with Crippen molar-refractivity contribution in [2.45, 2.75) is 25.8 Å². The molecular formula is C8H13N. The maximum atomic E-state index is 2.36. The monoisotopic (exact) mass is 123 g/mol. The van der Waals surface area contributed by atoms with Gasteiger partial charge < -0.3 is 4.90 Å². The second-order valence-corrected chi connectivity index (χ2v) is 3.36. The molecule has 1 aliphatic heterocycles. The first kappa shape index (κ1) is 5.33.